The number of piperidine rings is 1. The van der Waals surface area contributed by atoms with Crippen molar-refractivity contribution in [1.82, 2.24) is 4.90 Å². The second-order valence-electron chi connectivity index (χ2n) is 5.39. The quantitative estimate of drug-likeness (QED) is 0.784. The molecule has 0 amide bonds. The lowest BCUT2D eigenvalue weighted by atomic mass is 10.0. The summed E-state index contributed by atoms with van der Waals surface area (Å²) < 4.78 is 14.1. The van der Waals surface area contributed by atoms with Gasteiger partial charge in [0.05, 0.1) is 5.69 Å². The molecule has 0 aromatic heterocycles. The van der Waals surface area contributed by atoms with E-state index in [9.17, 15) is 9.18 Å². The van der Waals surface area contributed by atoms with E-state index in [0.29, 0.717) is 17.3 Å². The van der Waals surface area contributed by atoms with E-state index in [1.54, 1.807) is 12.1 Å². The number of ketones is 1. The maximum absolute atomic E-state index is 14.1. The van der Waals surface area contributed by atoms with E-state index in [1.165, 1.54) is 13.0 Å². The van der Waals surface area contributed by atoms with Crippen LogP contribution in [-0.2, 0) is 0 Å². The number of carbonyl (C=O) groups is 1. The largest absolute Gasteiger partial charge is 0.368 e. The molecule has 3 nitrogen and oxygen atoms in total. The smallest absolute Gasteiger partial charge is 0.159 e. The molecule has 0 N–H and O–H groups in total. The van der Waals surface area contributed by atoms with Crippen LogP contribution in [0.25, 0.3) is 0 Å². The Morgan fingerprint density at radius 3 is 2.79 bits per heavy atom. The molecule has 1 fully saturated rings. The standard InChI is InChI=1S/C15H21FN2O/c1-11(19)12-6-7-15(14(16)9-12)18(3)13-5-4-8-17(2)10-13/h6-7,9,13H,4-5,8,10H2,1-3H3. The summed E-state index contributed by atoms with van der Waals surface area (Å²) in [6, 6.07) is 5.07. The third kappa shape index (κ3) is 3.13. The van der Waals surface area contributed by atoms with Crippen molar-refractivity contribution in [2.24, 2.45) is 0 Å². The van der Waals surface area contributed by atoms with Gasteiger partial charge in [0.1, 0.15) is 5.82 Å². The second kappa shape index (κ2) is 5.70. The zero-order valence-electron chi connectivity index (χ0n) is 11.8. The molecule has 0 saturated carbocycles. The van der Waals surface area contributed by atoms with Crippen molar-refractivity contribution >= 4 is 11.5 Å². The van der Waals surface area contributed by atoms with Gasteiger partial charge in [-0.1, -0.05) is 0 Å². The van der Waals surface area contributed by atoms with Crippen molar-refractivity contribution in [3.8, 4) is 0 Å². The maximum Gasteiger partial charge on any atom is 0.159 e. The first kappa shape index (κ1) is 14.0. The summed E-state index contributed by atoms with van der Waals surface area (Å²) in [4.78, 5) is 15.5. The van der Waals surface area contributed by atoms with Gasteiger partial charge in [-0.05, 0) is 51.6 Å². The summed E-state index contributed by atoms with van der Waals surface area (Å²) in [5.41, 5.74) is 1.00. The molecule has 4 heteroatoms. The lowest BCUT2D eigenvalue weighted by Gasteiger charge is -2.37. The molecule has 1 atom stereocenters. The van der Waals surface area contributed by atoms with Gasteiger partial charge >= 0.3 is 0 Å². The highest BCUT2D eigenvalue weighted by molar-refractivity contribution is 5.94. The van der Waals surface area contributed by atoms with E-state index in [4.69, 9.17) is 0 Å². The Bertz CT molecular complexity index is 475. The number of halogens is 1. The molecule has 1 unspecified atom stereocenters. The van der Waals surface area contributed by atoms with Gasteiger partial charge in [-0.3, -0.25) is 4.79 Å². The van der Waals surface area contributed by atoms with Crippen LogP contribution >= 0.6 is 0 Å². The summed E-state index contributed by atoms with van der Waals surface area (Å²) in [5.74, 6) is -0.422. The average Bonchev–Trinajstić information content (AvgIpc) is 2.37. The molecule has 1 aromatic carbocycles. The lowest BCUT2D eigenvalue weighted by Crippen LogP contribution is -2.45. The van der Waals surface area contributed by atoms with Gasteiger partial charge in [-0.15, -0.1) is 0 Å². The maximum atomic E-state index is 14.1. The van der Waals surface area contributed by atoms with Crippen LogP contribution in [0.4, 0.5) is 10.1 Å². The van der Waals surface area contributed by atoms with Gasteiger partial charge in [0.25, 0.3) is 0 Å². The van der Waals surface area contributed by atoms with Crippen molar-refractivity contribution in [2.45, 2.75) is 25.8 Å². The van der Waals surface area contributed by atoms with E-state index >= 15 is 0 Å². The number of rotatable bonds is 3. The minimum Gasteiger partial charge on any atom is -0.368 e. The van der Waals surface area contributed by atoms with Crippen molar-refractivity contribution in [2.75, 3.05) is 32.1 Å². The van der Waals surface area contributed by atoms with E-state index in [-0.39, 0.29) is 11.6 Å². The Hall–Kier alpha value is -1.42. The molecule has 1 saturated heterocycles. The molecule has 0 spiro atoms. The lowest BCUT2D eigenvalue weighted by molar-refractivity contribution is 0.101. The molecular formula is C15H21FN2O. The van der Waals surface area contributed by atoms with Crippen LogP contribution in [-0.4, -0.2) is 43.9 Å². The Morgan fingerprint density at radius 1 is 1.47 bits per heavy atom. The van der Waals surface area contributed by atoms with Gasteiger partial charge < -0.3 is 9.80 Å². The molecule has 2 rings (SSSR count). The Morgan fingerprint density at radius 2 is 2.21 bits per heavy atom. The fraction of sp³-hybridized carbons (Fsp3) is 0.533. The van der Waals surface area contributed by atoms with E-state index in [1.807, 2.05) is 11.9 Å². The molecule has 1 aliphatic rings. The van der Waals surface area contributed by atoms with Crippen LogP contribution in [0.3, 0.4) is 0 Å². The summed E-state index contributed by atoms with van der Waals surface area (Å²) in [6.45, 7) is 3.51. The molecular weight excluding hydrogens is 243 g/mol. The average molecular weight is 264 g/mol. The summed E-state index contributed by atoms with van der Waals surface area (Å²) in [6.07, 6.45) is 2.22. The molecule has 19 heavy (non-hydrogen) atoms. The first-order chi connectivity index (χ1) is 8.99. The number of likely N-dealkylation sites (N-methyl/N-ethyl adjacent to an activating group) is 2. The Kier molecular flexibility index (Phi) is 4.20. The van der Waals surface area contributed by atoms with Gasteiger partial charge in [0.15, 0.2) is 5.78 Å². The van der Waals surface area contributed by atoms with Crippen LogP contribution in [0, 0.1) is 5.82 Å². The van der Waals surface area contributed by atoms with Crippen molar-refractivity contribution in [3.63, 3.8) is 0 Å². The van der Waals surface area contributed by atoms with Crippen molar-refractivity contribution in [1.29, 1.82) is 0 Å². The molecule has 104 valence electrons. The molecule has 0 bridgehead atoms. The zero-order chi connectivity index (χ0) is 14.0. The summed E-state index contributed by atoms with van der Waals surface area (Å²) in [7, 11) is 4.02. The minimum absolute atomic E-state index is 0.106. The highest BCUT2D eigenvalue weighted by Gasteiger charge is 2.23. The third-order valence-electron chi connectivity index (χ3n) is 3.88. The number of nitrogens with zero attached hydrogens (tertiary/aromatic N) is 2. The predicted octanol–water partition coefficient (Wildman–Crippen LogP) is 2.56. The number of carbonyl (C=O) groups excluding carboxylic acids is 1. The Labute approximate surface area is 114 Å². The number of benzene rings is 1. The van der Waals surface area contributed by atoms with Gasteiger partial charge in [0.2, 0.25) is 0 Å². The van der Waals surface area contributed by atoms with Crippen molar-refractivity contribution < 1.29 is 9.18 Å². The molecule has 1 heterocycles. The summed E-state index contributed by atoms with van der Waals surface area (Å²) in [5, 5.41) is 0. The minimum atomic E-state index is -0.316. The van der Waals surface area contributed by atoms with Crippen LogP contribution in [0.2, 0.25) is 0 Å². The van der Waals surface area contributed by atoms with Gasteiger partial charge in [-0.2, -0.15) is 0 Å². The van der Waals surface area contributed by atoms with Crippen LogP contribution in [0.1, 0.15) is 30.1 Å². The fourth-order valence-corrected chi connectivity index (χ4v) is 2.66. The second-order valence-corrected chi connectivity index (χ2v) is 5.39. The van der Waals surface area contributed by atoms with Crippen molar-refractivity contribution in [3.05, 3.63) is 29.6 Å². The highest BCUT2D eigenvalue weighted by atomic mass is 19.1. The topological polar surface area (TPSA) is 23.6 Å². The van der Waals surface area contributed by atoms with Gasteiger partial charge in [-0.25, -0.2) is 4.39 Å². The highest BCUT2D eigenvalue weighted by Crippen LogP contribution is 2.24. The number of Topliss-reactive ketones (excluding diaryl/α,β-unsaturated/α-hetero) is 1. The van der Waals surface area contributed by atoms with Crippen LogP contribution in [0.5, 0.6) is 0 Å². The van der Waals surface area contributed by atoms with Crippen LogP contribution < -0.4 is 4.90 Å². The van der Waals surface area contributed by atoms with Crippen LogP contribution in [0.15, 0.2) is 18.2 Å². The number of hydrogen-bond acceptors (Lipinski definition) is 3. The van der Waals surface area contributed by atoms with E-state index < -0.39 is 0 Å². The van der Waals surface area contributed by atoms with Gasteiger partial charge in [0, 0.05) is 25.2 Å². The molecule has 1 aromatic rings. The monoisotopic (exact) mass is 264 g/mol. The normalized spacial score (nSPS) is 20.3. The first-order valence-electron chi connectivity index (χ1n) is 6.71. The first-order valence-corrected chi connectivity index (χ1v) is 6.71. The SMILES string of the molecule is CC(=O)c1ccc(N(C)C2CCCN(C)C2)c(F)c1. The fourth-order valence-electron chi connectivity index (χ4n) is 2.66. The third-order valence-corrected chi connectivity index (χ3v) is 3.88. The molecule has 0 aliphatic carbocycles. The molecule has 1 aliphatic heterocycles. The predicted molar refractivity (Wildman–Crippen MR) is 75.3 cm³/mol. The number of likely N-dealkylation sites (tertiary alicyclic amines) is 1. The Balaban J connectivity index is 2.19. The summed E-state index contributed by atoms with van der Waals surface area (Å²) >= 11 is 0. The zero-order valence-corrected chi connectivity index (χ0v) is 11.8. The number of anilines is 1. The van der Waals surface area contributed by atoms with E-state index in [0.717, 1.165) is 25.9 Å². The number of hydrogen-bond donors (Lipinski definition) is 0. The molecule has 0 radical (unpaired) electrons. The van der Waals surface area contributed by atoms with E-state index in [2.05, 4.69) is 11.9 Å².